The molecule has 9 nitrogen and oxygen atoms in total. The fourth-order valence-electron chi connectivity index (χ4n) is 5.37. The summed E-state index contributed by atoms with van der Waals surface area (Å²) in [5.74, 6) is 0.100. The van der Waals surface area contributed by atoms with Gasteiger partial charge in [-0.15, -0.1) is 0 Å². The molecule has 2 amide bonds. The number of imide groups is 1. The van der Waals surface area contributed by atoms with Gasteiger partial charge in [-0.25, -0.2) is 0 Å². The first kappa shape index (κ1) is 28.8. The number of thioether (sulfide) groups is 1. The van der Waals surface area contributed by atoms with Crippen LogP contribution in [-0.4, -0.2) is 44.7 Å². The molecule has 0 bridgehead atoms. The lowest BCUT2D eigenvalue weighted by atomic mass is 9.95. The van der Waals surface area contributed by atoms with E-state index in [0.717, 1.165) is 59.3 Å². The second-order valence-corrected chi connectivity index (χ2v) is 11.6. The van der Waals surface area contributed by atoms with Gasteiger partial charge in [0.2, 0.25) is 0 Å². The number of hydrogen-bond donors (Lipinski definition) is 1. The fraction of sp³-hybridized carbons (Fsp3) is 0.333. The van der Waals surface area contributed by atoms with E-state index in [0.29, 0.717) is 27.1 Å². The Morgan fingerprint density at radius 3 is 2.61 bits per heavy atom. The normalized spacial score (nSPS) is 17.0. The van der Waals surface area contributed by atoms with Crippen LogP contribution in [0.15, 0.2) is 53.4 Å². The van der Waals surface area contributed by atoms with Gasteiger partial charge in [0.25, 0.3) is 16.8 Å². The number of aromatic nitrogens is 1. The monoisotopic (exact) mass is 594 g/mol. The van der Waals surface area contributed by atoms with Crippen LogP contribution >= 0.6 is 23.4 Å². The van der Waals surface area contributed by atoms with E-state index in [1.165, 1.54) is 6.42 Å². The lowest BCUT2D eigenvalue weighted by Gasteiger charge is -2.24. The number of aryl methyl sites for hydroxylation is 1. The van der Waals surface area contributed by atoms with Crippen LogP contribution in [0.3, 0.4) is 0 Å². The third kappa shape index (κ3) is 6.28. The number of halogens is 1. The number of carbonyl (C=O) groups excluding carboxylic acids is 2. The van der Waals surface area contributed by atoms with Crippen LogP contribution in [0.1, 0.15) is 49.1 Å². The van der Waals surface area contributed by atoms with Crippen LogP contribution in [0.25, 0.3) is 11.8 Å². The number of benzene rings is 2. The lowest BCUT2D eigenvalue weighted by molar-refractivity contribution is -0.384. The average Bonchev–Trinajstić information content (AvgIpc) is 3.38. The third-order valence-corrected chi connectivity index (χ3v) is 8.66. The van der Waals surface area contributed by atoms with E-state index < -0.39 is 0 Å². The summed E-state index contributed by atoms with van der Waals surface area (Å²) in [5, 5.41) is 15.4. The molecule has 2 heterocycles. The summed E-state index contributed by atoms with van der Waals surface area (Å²) in [6, 6.07) is 14.4. The van der Waals surface area contributed by atoms with E-state index in [2.05, 4.69) is 5.32 Å². The van der Waals surface area contributed by atoms with Crippen molar-refractivity contribution in [3.8, 4) is 11.4 Å². The van der Waals surface area contributed by atoms with Crippen LogP contribution in [0.4, 0.5) is 16.2 Å². The molecule has 2 fully saturated rings. The molecule has 3 aromatic rings. The van der Waals surface area contributed by atoms with Crippen molar-refractivity contribution >= 4 is 52.0 Å². The van der Waals surface area contributed by atoms with Gasteiger partial charge in [0.15, 0.2) is 0 Å². The van der Waals surface area contributed by atoms with Crippen molar-refractivity contribution in [1.29, 1.82) is 0 Å². The second-order valence-electron chi connectivity index (χ2n) is 10.2. The van der Waals surface area contributed by atoms with E-state index in [4.69, 9.17) is 16.3 Å². The number of nitrogens with zero attached hydrogens (tertiary/aromatic N) is 3. The Hall–Kier alpha value is -3.76. The van der Waals surface area contributed by atoms with Crippen molar-refractivity contribution in [1.82, 2.24) is 9.47 Å². The smallest absolute Gasteiger partial charge is 0.294 e. The van der Waals surface area contributed by atoms with Gasteiger partial charge in [-0.05, 0) is 80.4 Å². The van der Waals surface area contributed by atoms with Gasteiger partial charge in [-0.1, -0.05) is 43.0 Å². The number of para-hydroxylation sites is 1. The minimum Gasteiger partial charge on any atom is -0.490 e. The number of hydrogen-bond acceptors (Lipinski definition) is 7. The molecular formula is C30H31ClN4O5S. The summed E-state index contributed by atoms with van der Waals surface area (Å²) >= 11 is 6.99. The Labute approximate surface area is 247 Å². The molecule has 1 saturated heterocycles. The standard InChI is InChI=1S/C30H31ClN4O5S/c1-19-16-21(17-28-29(36)33(30(37)41-28)14-15-40-27-11-7-6-10-24(27)31)20(2)34(19)23-12-13-25(26(18-23)35(38)39)32-22-8-4-3-5-9-22/h6-7,10-13,16-18,22,32H,3-5,8-9,14-15H2,1-2H3/b28-17-. The van der Waals surface area contributed by atoms with Crippen LogP contribution < -0.4 is 10.1 Å². The van der Waals surface area contributed by atoms with E-state index in [1.54, 1.807) is 42.5 Å². The lowest BCUT2D eigenvalue weighted by Crippen LogP contribution is -2.32. The number of nitrogens with one attached hydrogen (secondary N) is 1. The zero-order chi connectivity index (χ0) is 29.1. The highest BCUT2D eigenvalue weighted by Gasteiger charge is 2.35. The number of carbonyl (C=O) groups is 2. The van der Waals surface area contributed by atoms with Gasteiger partial charge in [0.05, 0.1) is 27.1 Å². The quantitative estimate of drug-likeness (QED) is 0.155. The summed E-state index contributed by atoms with van der Waals surface area (Å²) < 4.78 is 7.57. The summed E-state index contributed by atoms with van der Waals surface area (Å²) in [5.41, 5.74) is 3.63. The van der Waals surface area contributed by atoms with Gasteiger partial charge in [-0.3, -0.25) is 24.6 Å². The summed E-state index contributed by atoms with van der Waals surface area (Å²) in [6.45, 7) is 4.01. The molecule has 2 aliphatic rings. The predicted molar refractivity (Wildman–Crippen MR) is 162 cm³/mol. The van der Waals surface area contributed by atoms with Crippen molar-refractivity contribution in [2.45, 2.75) is 52.0 Å². The van der Waals surface area contributed by atoms with E-state index >= 15 is 0 Å². The third-order valence-electron chi connectivity index (χ3n) is 7.44. The molecule has 0 unspecified atom stereocenters. The molecule has 41 heavy (non-hydrogen) atoms. The topological polar surface area (TPSA) is 107 Å². The Kier molecular flexibility index (Phi) is 8.70. The largest absolute Gasteiger partial charge is 0.490 e. The Morgan fingerprint density at radius 2 is 1.88 bits per heavy atom. The molecule has 1 aliphatic carbocycles. The average molecular weight is 595 g/mol. The van der Waals surface area contributed by atoms with E-state index in [-0.39, 0.29) is 41.0 Å². The maximum atomic E-state index is 13.1. The van der Waals surface area contributed by atoms with Crippen molar-refractivity contribution in [2.75, 3.05) is 18.5 Å². The summed E-state index contributed by atoms with van der Waals surface area (Å²) in [6.07, 6.45) is 7.19. The fourth-order valence-corrected chi connectivity index (χ4v) is 6.42. The predicted octanol–water partition coefficient (Wildman–Crippen LogP) is 7.52. The molecule has 1 aliphatic heterocycles. The van der Waals surface area contributed by atoms with Crippen molar-refractivity contribution in [2.24, 2.45) is 0 Å². The van der Waals surface area contributed by atoms with Gasteiger partial charge >= 0.3 is 0 Å². The van der Waals surface area contributed by atoms with E-state index in [9.17, 15) is 19.7 Å². The highest BCUT2D eigenvalue weighted by Crippen LogP contribution is 2.35. The second kappa shape index (κ2) is 12.4. The molecule has 0 atom stereocenters. The number of rotatable bonds is 9. The minimum atomic E-state index is -0.388. The van der Waals surface area contributed by atoms with Crippen LogP contribution in [-0.2, 0) is 4.79 Å². The number of amides is 2. The molecule has 1 aromatic heterocycles. The summed E-state index contributed by atoms with van der Waals surface area (Å²) in [7, 11) is 0. The maximum Gasteiger partial charge on any atom is 0.294 e. The number of ether oxygens (including phenoxy) is 1. The zero-order valence-corrected chi connectivity index (χ0v) is 24.5. The highest BCUT2D eigenvalue weighted by molar-refractivity contribution is 8.18. The highest BCUT2D eigenvalue weighted by atomic mass is 35.5. The van der Waals surface area contributed by atoms with Crippen LogP contribution in [0.2, 0.25) is 5.02 Å². The molecule has 0 spiro atoms. The molecule has 5 rings (SSSR count). The van der Waals surface area contributed by atoms with Gasteiger partial charge in [-0.2, -0.15) is 0 Å². The van der Waals surface area contributed by atoms with Gasteiger partial charge in [0.1, 0.15) is 18.0 Å². The molecule has 2 aromatic carbocycles. The first-order valence-corrected chi connectivity index (χ1v) is 14.8. The number of nitro groups is 1. The molecule has 11 heteroatoms. The molecule has 1 N–H and O–H groups in total. The Bertz CT molecular complexity index is 1530. The van der Waals surface area contributed by atoms with Crippen molar-refractivity contribution < 1.29 is 19.2 Å². The maximum absolute atomic E-state index is 13.1. The minimum absolute atomic E-state index is 0.0299. The van der Waals surface area contributed by atoms with Crippen molar-refractivity contribution in [3.05, 3.63) is 85.5 Å². The Balaban J connectivity index is 1.33. The van der Waals surface area contributed by atoms with E-state index in [1.807, 2.05) is 30.5 Å². The summed E-state index contributed by atoms with van der Waals surface area (Å²) in [4.78, 5) is 38.8. The number of anilines is 1. The van der Waals surface area contributed by atoms with Gasteiger partial charge in [0, 0.05) is 23.5 Å². The molecule has 214 valence electrons. The van der Waals surface area contributed by atoms with Crippen LogP contribution in [0, 0.1) is 24.0 Å². The first-order chi connectivity index (χ1) is 19.7. The number of nitro benzene ring substituents is 1. The zero-order valence-electron chi connectivity index (χ0n) is 22.9. The first-order valence-electron chi connectivity index (χ1n) is 13.6. The SMILES string of the molecule is Cc1cc(/C=C2\SC(=O)N(CCOc3ccccc3Cl)C2=O)c(C)n1-c1ccc(NC2CCCCC2)c([N+](=O)[O-])c1. The molecular weight excluding hydrogens is 564 g/mol. The van der Waals surface area contributed by atoms with Crippen LogP contribution in [0.5, 0.6) is 5.75 Å². The van der Waals surface area contributed by atoms with Crippen molar-refractivity contribution in [3.63, 3.8) is 0 Å². The van der Waals surface area contributed by atoms with Gasteiger partial charge < -0.3 is 14.6 Å². The molecule has 0 radical (unpaired) electrons. The Morgan fingerprint density at radius 1 is 1.12 bits per heavy atom. The molecule has 1 saturated carbocycles.